The molecule has 0 spiro atoms. The predicted octanol–water partition coefficient (Wildman–Crippen LogP) is 1.17. The second kappa shape index (κ2) is 4.99. The van der Waals surface area contributed by atoms with Crippen molar-refractivity contribution in [3.63, 3.8) is 0 Å². The SMILES string of the molecule is Cc1[nH]ncc1S(=O)(=O)NN1C(C)CCCC1C. The topological polar surface area (TPSA) is 78.1 Å². The van der Waals surface area contributed by atoms with Gasteiger partial charge in [-0.15, -0.1) is 4.83 Å². The number of hydrogen-bond acceptors (Lipinski definition) is 4. The van der Waals surface area contributed by atoms with Gasteiger partial charge in [-0.25, -0.2) is 13.4 Å². The minimum Gasteiger partial charge on any atom is -0.281 e. The van der Waals surface area contributed by atoms with Gasteiger partial charge in [0.2, 0.25) is 0 Å². The Kier molecular flexibility index (Phi) is 3.74. The van der Waals surface area contributed by atoms with Crippen LogP contribution in [0.3, 0.4) is 0 Å². The lowest BCUT2D eigenvalue weighted by molar-refractivity contribution is 0.0790. The van der Waals surface area contributed by atoms with Crippen molar-refractivity contribution in [1.29, 1.82) is 0 Å². The van der Waals surface area contributed by atoms with E-state index >= 15 is 0 Å². The van der Waals surface area contributed by atoms with Gasteiger partial charge in [0.1, 0.15) is 4.90 Å². The fourth-order valence-corrected chi connectivity index (χ4v) is 3.78. The third-order valence-corrected chi connectivity index (χ3v) is 4.93. The Morgan fingerprint density at radius 2 is 2.00 bits per heavy atom. The molecule has 102 valence electrons. The Balaban J connectivity index is 2.20. The molecule has 2 heterocycles. The van der Waals surface area contributed by atoms with E-state index in [0.717, 1.165) is 19.3 Å². The second-order valence-electron chi connectivity index (χ2n) is 4.99. The first-order chi connectivity index (χ1) is 8.42. The highest BCUT2D eigenvalue weighted by molar-refractivity contribution is 7.89. The first-order valence-electron chi connectivity index (χ1n) is 6.22. The number of hydrazine groups is 1. The number of nitrogens with one attached hydrogen (secondary N) is 2. The molecule has 0 aliphatic carbocycles. The molecule has 2 rings (SSSR count). The van der Waals surface area contributed by atoms with E-state index in [1.807, 2.05) is 18.9 Å². The molecule has 6 nitrogen and oxygen atoms in total. The largest absolute Gasteiger partial charge is 0.281 e. The smallest absolute Gasteiger partial charge is 0.256 e. The summed E-state index contributed by atoms with van der Waals surface area (Å²) in [6.45, 7) is 5.78. The fourth-order valence-electron chi connectivity index (χ4n) is 2.40. The van der Waals surface area contributed by atoms with E-state index in [4.69, 9.17) is 0 Å². The maximum absolute atomic E-state index is 12.3. The van der Waals surface area contributed by atoms with E-state index in [1.165, 1.54) is 6.20 Å². The summed E-state index contributed by atoms with van der Waals surface area (Å²) in [5.74, 6) is 0. The Hall–Kier alpha value is -0.920. The Bertz CT molecular complexity index is 501. The molecule has 0 saturated carbocycles. The number of aromatic nitrogens is 2. The number of H-pyrrole nitrogens is 1. The minimum atomic E-state index is -3.53. The van der Waals surface area contributed by atoms with Gasteiger partial charge in [-0.2, -0.15) is 5.10 Å². The van der Waals surface area contributed by atoms with Crippen LogP contribution < -0.4 is 4.83 Å². The highest BCUT2D eigenvalue weighted by Crippen LogP contribution is 2.22. The van der Waals surface area contributed by atoms with E-state index in [2.05, 4.69) is 15.0 Å². The lowest BCUT2D eigenvalue weighted by Crippen LogP contribution is -2.53. The molecular weight excluding hydrogens is 252 g/mol. The number of rotatable bonds is 3. The first-order valence-corrected chi connectivity index (χ1v) is 7.71. The van der Waals surface area contributed by atoms with Crippen molar-refractivity contribution in [1.82, 2.24) is 20.0 Å². The normalized spacial score (nSPS) is 26.4. The molecule has 1 aliphatic heterocycles. The lowest BCUT2D eigenvalue weighted by atomic mass is 10.0. The van der Waals surface area contributed by atoms with Crippen LogP contribution >= 0.6 is 0 Å². The first kappa shape index (κ1) is 13.5. The van der Waals surface area contributed by atoms with Crippen LogP contribution in [0.5, 0.6) is 0 Å². The second-order valence-corrected chi connectivity index (χ2v) is 6.62. The van der Waals surface area contributed by atoms with Gasteiger partial charge in [-0.1, -0.05) is 6.42 Å². The number of aromatic amines is 1. The highest BCUT2D eigenvalue weighted by Gasteiger charge is 2.30. The molecule has 7 heteroatoms. The molecule has 2 N–H and O–H groups in total. The summed E-state index contributed by atoms with van der Waals surface area (Å²) in [7, 11) is -3.53. The summed E-state index contributed by atoms with van der Waals surface area (Å²) in [6.07, 6.45) is 4.51. The van der Waals surface area contributed by atoms with Gasteiger partial charge in [0, 0.05) is 12.1 Å². The molecule has 18 heavy (non-hydrogen) atoms. The van der Waals surface area contributed by atoms with E-state index in [9.17, 15) is 8.42 Å². The zero-order chi connectivity index (χ0) is 13.3. The highest BCUT2D eigenvalue weighted by atomic mass is 32.2. The predicted molar refractivity (Wildman–Crippen MR) is 68.3 cm³/mol. The number of piperidine rings is 1. The third kappa shape index (κ3) is 2.57. The molecule has 2 atom stereocenters. The van der Waals surface area contributed by atoms with Crippen molar-refractivity contribution in [2.75, 3.05) is 0 Å². The Labute approximate surface area is 108 Å². The Morgan fingerprint density at radius 1 is 1.39 bits per heavy atom. The van der Waals surface area contributed by atoms with Crippen molar-refractivity contribution in [3.05, 3.63) is 11.9 Å². The van der Waals surface area contributed by atoms with Gasteiger partial charge in [-0.05, 0) is 33.6 Å². The molecule has 1 fully saturated rings. The molecule has 2 unspecified atom stereocenters. The van der Waals surface area contributed by atoms with Crippen LogP contribution in [0, 0.1) is 6.92 Å². The number of sulfonamides is 1. The fraction of sp³-hybridized carbons (Fsp3) is 0.727. The average Bonchev–Trinajstić information content (AvgIpc) is 2.71. The van der Waals surface area contributed by atoms with Crippen LogP contribution in [0.1, 0.15) is 38.8 Å². The van der Waals surface area contributed by atoms with Crippen molar-refractivity contribution in [2.45, 2.75) is 57.0 Å². The van der Waals surface area contributed by atoms with E-state index in [-0.39, 0.29) is 17.0 Å². The van der Waals surface area contributed by atoms with E-state index in [0.29, 0.717) is 5.69 Å². The standard InChI is InChI=1S/C11H20N4O2S/c1-8-5-4-6-9(2)15(8)14-18(16,17)11-7-12-13-10(11)3/h7-9,14H,4-6H2,1-3H3,(H,12,13). The molecule has 1 aromatic heterocycles. The molecule has 1 aromatic rings. The monoisotopic (exact) mass is 272 g/mol. The van der Waals surface area contributed by atoms with Gasteiger partial charge < -0.3 is 0 Å². The van der Waals surface area contributed by atoms with E-state index < -0.39 is 10.0 Å². The summed E-state index contributed by atoms with van der Waals surface area (Å²) in [5.41, 5.74) is 0.555. The average molecular weight is 272 g/mol. The van der Waals surface area contributed by atoms with Gasteiger partial charge in [0.15, 0.2) is 0 Å². The van der Waals surface area contributed by atoms with Crippen LogP contribution in [0.15, 0.2) is 11.1 Å². The van der Waals surface area contributed by atoms with Gasteiger partial charge in [-0.3, -0.25) is 5.10 Å². The van der Waals surface area contributed by atoms with Crippen LogP contribution in [0.2, 0.25) is 0 Å². The van der Waals surface area contributed by atoms with Crippen molar-refractivity contribution < 1.29 is 8.42 Å². The van der Waals surface area contributed by atoms with Gasteiger partial charge >= 0.3 is 0 Å². The van der Waals surface area contributed by atoms with Gasteiger partial charge in [0.25, 0.3) is 10.0 Å². The zero-order valence-corrected chi connectivity index (χ0v) is 11.8. The molecular formula is C11H20N4O2S. The molecule has 0 amide bonds. The Morgan fingerprint density at radius 3 is 2.50 bits per heavy atom. The van der Waals surface area contributed by atoms with Crippen LogP contribution in [0.4, 0.5) is 0 Å². The zero-order valence-electron chi connectivity index (χ0n) is 11.0. The summed E-state index contributed by atoms with van der Waals surface area (Å²) in [6, 6.07) is 0.437. The maximum atomic E-state index is 12.3. The molecule has 1 aliphatic rings. The van der Waals surface area contributed by atoms with Crippen molar-refractivity contribution in [3.8, 4) is 0 Å². The molecule has 0 bridgehead atoms. The number of aryl methyl sites for hydroxylation is 1. The summed E-state index contributed by atoms with van der Waals surface area (Å²) < 4.78 is 24.5. The molecule has 1 saturated heterocycles. The lowest BCUT2D eigenvalue weighted by Gasteiger charge is -2.38. The summed E-state index contributed by atoms with van der Waals surface area (Å²) in [4.78, 5) is 2.90. The van der Waals surface area contributed by atoms with Crippen molar-refractivity contribution >= 4 is 10.0 Å². The number of hydrogen-bond donors (Lipinski definition) is 2. The number of nitrogens with zero attached hydrogens (tertiary/aromatic N) is 2. The van der Waals surface area contributed by atoms with Crippen molar-refractivity contribution in [2.24, 2.45) is 0 Å². The molecule has 0 aromatic carbocycles. The van der Waals surface area contributed by atoms with Crippen LogP contribution in [-0.2, 0) is 10.0 Å². The molecule has 0 radical (unpaired) electrons. The van der Waals surface area contributed by atoms with Crippen LogP contribution in [0.25, 0.3) is 0 Å². The van der Waals surface area contributed by atoms with Crippen LogP contribution in [-0.4, -0.2) is 35.7 Å². The van der Waals surface area contributed by atoms with Gasteiger partial charge in [0.05, 0.1) is 11.9 Å². The third-order valence-electron chi connectivity index (χ3n) is 3.49. The summed E-state index contributed by atoms with van der Waals surface area (Å²) in [5, 5.41) is 8.24. The quantitative estimate of drug-likeness (QED) is 0.866. The summed E-state index contributed by atoms with van der Waals surface area (Å²) >= 11 is 0. The minimum absolute atomic E-state index is 0.215. The van der Waals surface area contributed by atoms with E-state index in [1.54, 1.807) is 6.92 Å². The maximum Gasteiger partial charge on any atom is 0.256 e.